The molecule has 2 heterocycles. The maximum Gasteiger partial charge on any atom is 0.0540 e. The molecule has 2 N–H and O–H groups in total. The predicted octanol–water partition coefficient (Wildman–Crippen LogP) is 1.32. The summed E-state index contributed by atoms with van der Waals surface area (Å²) in [5.74, 6) is 1.53. The summed E-state index contributed by atoms with van der Waals surface area (Å²) in [6.07, 6.45) is 1.97. The second-order valence-electron chi connectivity index (χ2n) is 5.47. The van der Waals surface area contributed by atoms with Gasteiger partial charge in [-0.25, -0.2) is 0 Å². The molecule has 1 fully saturated rings. The number of aromatic nitrogens is 2. The number of rotatable bonds is 3. The Morgan fingerprint density at radius 3 is 2.41 bits per heavy atom. The van der Waals surface area contributed by atoms with Crippen LogP contribution in [-0.2, 0) is 7.05 Å². The minimum atomic E-state index is 0.330. The van der Waals surface area contributed by atoms with Crippen molar-refractivity contribution in [2.75, 3.05) is 19.6 Å². The molecule has 3 atom stereocenters. The van der Waals surface area contributed by atoms with Crippen LogP contribution >= 0.6 is 0 Å². The summed E-state index contributed by atoms with van der Waals surface area (Å²) in [5.41, 5.74) is 8.49. The van der Waals surface area contributed by atoms with Crippen molar-refractivity contribution in [2.45, 2.75) is 26.8 Å². The van der Waals surface area contributed by atoms with Crippen molar-refractivity contribution in [1.82, 2.24) is 14.7 Å². The van der Waals surface area contributed by atoms with E-state index < -0.39 is 0 Å². The molecule has 4 heteroatoms. The van der Waals surface area contributed by atoms with Crippen LogP contribution in [0.15, 0.2) is 6.20 Å². The van der Waals surface area contributed by atoms with Crippen LogP contribution in [0.25, 0.3) is 0 Å². The molecule has 2 rings (SSSR count). The van der Waals surface area contributed by atoms with Crippen LogP contribution < -0.4 is 5.73 Å². The lowest BCUT2D eigenvalue weighted by atomic mass is 10.0. The van der Waals surface area contributed by atoms with E-state index in [2.05, 4.69) is 30.8 Å². The van der Waals surface area contributed by atoms with Gasteiger partial charge in [0.2, 0.25) is 0 Å². The van der Waals surface area contributed by atoms with Gasteiger partial charge in [-0.2, -0.15) is 5.10 Å². The number of hydrogen-bond acceptors (Lipinski definition) is 3. The summed E-state index contributed by atoms with van der Waals surface area (Å²) >= 11 is 0. The number of hydrogen-bond donors (Lipinski definition) is 1. The van der Waals surface area contributed by atoms with Crippen LogP contribution in [0, 0.1) is 18.8 Å². The van der Waals surface area contributed by atoms with Gasteiger partial charge in [0.25, 0.3) is 0 Å². The minimum absolute atomic E-state index is 0.330. The molecule has 0 amide bonds. The van der Waals surface area contributed by atoms with Crippen LogP contribution in [0.3, 0.4) is 0 Å². The fourth-order valence-electron chi connectivity index (χ4n) is 2.74. The third-order valence-electron chi connectivity index (χ3n) is 4.31. The van der Waals surface area contributed by atoms with E-state index in [9.17, 15) is 0 Å². The number of nitrogens with zero attached hydrogens (tertiary/aromatic N) is 3. The summed E-state index contributed by atoms with van der Waals surface area (Å²) < 4.78 is 1.93. The molecule has 1 aliphatic heterocycles. The van der Waals surface area contributed by atoms with Gasteiger partial charge in [0.05, 0.1) is 12.2 Å². The van der Waals surface area contributed by atoms with Gasteiger partial charge in [0.15, 0.2) is 0 Å². The second-order valence-corrected chi connectivity index (χ2v) is 5.47. The summed E-state index contributed by atoms with van der Waals surface area (Å²) in [6, 6.07) is 0.330. The van der Waals surface area contributed by atoms with Crippen molar-refractivity contribution in [3.8, 4) is 0 Å². The lowest BCUT2D eigenvalue weighted by molar-refractivity contribution is 0.239. The highest BCUT2D eigenvalue weighted by Gasteiger charge is 2.32. The molecular formula is C13H24N4. The van der Waals surface area contributed by atoms with E-state index in [1.165, 1.54) is 11.3 Å². The summed E-state index contributed by atoms with van der Waals surface area (Å²) in [7, 11) is 1.99. The first-order valence-electron chi connectivity index (χ1n) is 6.47. The van der Waals surface area contributed by atoms with Crippen molar-refractivity contribution in [1.29, 1.82) is 0 Å². The molecule has 3 unspecified atom stereocenters. The quantitative estimate of drug-likeness (QED) is 0.861. The van der Waals surface area contributed by atoms with E-state index in [1.807, 2.05) is 17.9 Å². The number of likely N-dealkylation sites (tertiary alicyclic amines) is 1. The average Bonchev–Trinajstić information content (AvgIpc) is 2.78. The Morgan fingerprint density at radius 1 is 1.41 bits per heavy atom. The highest BCUT2D eigenvalue weighted by molar-refractivity contribution is 5.21. The first-order valence-corrected chi connectivity index (χ1v) is 6.47. The molecule has 1 aromatic rings. The van der Waals surface area contributed by atoms with Gasteiger partial charge in [0, 0.05) is 37.9 Å². The zero-order valence-corrected chi connectivity index (χ0v) is 11.3. The number of nitrogens with two attached hydrogens (primary N) is 1. The SMILES string of the molecule is Cc1c(C(CN)N2CC(C)C(C)C2)cnn1C. The van der Waals surface area contributed by atoms with E-state index in [-0.39, 0.29) is 0 Å². The highest BCUT2D eigenvalue weighted by Crippen LogP contribution is 2.31. The molecule has 0 radical (unpaired) electrons. The fraction of sp³-hybridized carbons (Fsp3) is 0.769. The van der Waals surface area contributed by atoms with Gasteiger partial charge in [-0.05, 0) is 18.8 Å². The highest BCUT2D eigenvalue weighted by atomic mass is 15.3. The van der Waals surface area contributed by atoms with E-state index in [0.29, 0.717) is 12.6 Å². The summed E-state index contributed by atoms with van der Waals surface area (Å²) in [5, 5.41) is 4.33. The van der Waals surface area contributed by atoms with E-state index >= 15 is 0 Å². The molecule has 0 bridgehead atoms. The van der Waals surface area contributed by atoms with Crippen LogP contribution in [0.4, 0.5) is 0 Å². The average molecular weight is 236 g/mol. The van der Waals surface area contributed by atoms with E-state index in [4.69, 9.17) is 5.73 Å². The largest absolute Gasteiger partial charge is 0.329 e. The molecule has 1 aliphatic rings. The Balaban J connectivity index is 2.20. The second kappa shape index (κ2) is 4.78. The molecule has 0 spiro atoms. The number of aryl methyl sites for hydroxylation is 1. The standard InChI is InChI=1S/C13H24N4/c1-9-7-17(8-10(9)2)13(5-14)12-6-15-16(4)11(12)3/h6,9-10,13H,5,7-8,14H2,1-4H3. The first kappa shape index (κ1) is 12.6. The van der Waals surface area contributed by atoms with Crippen molar-refractivity contribution in [2.24, 2.45) is 24.6 Å². The van der Waals surface area contributed by atoms with Gasteiger partial charge < -0.3 is 5.73 Å². The predicted molar refractivity (Wildman–Crippen MR) is 69.6 cm³/mol. The lowest BCUT2D eigenvalue weighted by Crippen LogP contribution is -2.32. The van der Waals surface area contributed by atoms with Crippen molar-refractivity contribution in [3.05, 3.63) is 17.5 Å². The van der Waals surface area contributed by atoms with Crippen molar-refractivity contribution >= 4 is 0 Å². The van der Waals surface area contributed by atoms with Gasteiger partial charge in [-0.3, -0.25) is 9.58 Å². The van der Waals surface area contributed by atoms with E-state index in [1.54, 1.807) is 0 Å². The first-order chi connectivity index (χ1) is 8.04. The maximum atomic E-state index is 5.97. The Hall–Kier alpha value is -0.870. The van der Waals surface area contributed by atoms with Crippen LogP contribution in [0.5, 0.6) is 0 Å². The molecule has 0 saturated carbocycles. The Kier molecular flexibility index (Phi) is 3.54. The lowest BCUT2D eigenvalue weighted by Gasteiger charge is -2.26. The topological polar surface area (TPSA) is 47.1 Å². The van der Waals surface area contributed by atoms with Crippen LogP contribution in [-0.4, -0.2) is 34.3 Å². The summed E-state index contributed by atoms with van der Waals surface area (Å²) in [4.78, 5) is 2.51. The van der Waals surface area contributed by atoms with Gasteiger partial charge in [-0.1, -0.05) is 13.8 Å². The Bertz CT molecular complexity index is 375. The van der Waals surface area contributed by atoms with Crippen molar-refractivity contribution in [3.63, 3.8) is 0 Å². The molecule has 1 aromatic heterocycles. The zero-order chi connectivity index (χ0) is 12.6. The zero-order valence-electron chi connectivity index (χ0n) is 11.3. The minimum Gasteiger partial charge on any atom is -0.329 e. The Morgan fingerprint density at radius 2 is 2.00 bits per heavy atom. The molecule has 4 nitrogen and oxygen atoms in total. The molecule has 96 valence electrons. The molecular weight excluding hydrogens is 212 g/mol. The Labute approximate surface area is 104 Å². The molecule has 17 heavy (non-hydrogen) atoms. The van der Waals surface area contributed by atoms with Gasteiger partial charge in [0.1, 0.15) is 0 Å². The van der Waals surface area contributed by atoms with Crippen LogP contribution in [0.1, 0.15) is 31.1 Å². The van der Waals surface area contributed by atoms with Gasteiger partial charge in [-0.15, -0.1) is 0 Å². The normalized spacial score (nSPS) is 27.6. The third kappa shape index (κ3) is 2.24. The van der Waals surface area contributed by atoms with Gasteiger partial charge >= 0.3 is 0 Å². The summed E-state index contributed by atoms with van der Waals surface area (Å²) in [6.45, 7) is 9.75. The third-order valence-corrected chi connectivity index (χ3v) is 4.31. The van der Waals surface area contributed by atoms with E-state index in [0.717, 1.165) is 24.9 Å². The molecule has 0 aromatic carbocycles. The maximum absolute atomic E-state index is 5.97. The van der Waals surface area contributed by atoms with Crippen molar-refractivity contribution < 1.29 is 0 Å². The monoisotopic (exact) mass is 236 g/mol. The van der Waals surface area contributed by atoms with Crippen LogP contribution in [0.2, 0.25) is 0 Å². The fourth-order valence-corrected chi connectivity index (χ4v) is 2.74. The molecule has 0 aliphatic carbocycles. The molecule has 1 saturated heterocycles. The smallest absolute Gasteiger partial charge is 0.0540 e.